The molecule has 0 bridgehead atoms. The van der Waals surface area contributed by atoms with Gasteiger partial charge in [-0.2, -0.15) is 4.98 Å². The molecule has 0 fully saturated rings. The number of rotatable bonds is 14. The highest BCUT2D eigenvalue weighted by atomic mass is 16.6. The van der Waals surface area contributed by atoms with Crippen LogP contribution in [0, 0.1) is 0 Å². The number of alkyl carbamates (subject to hydrolysis) is 4. The van der Waals surface area contributed by atoms with Gasteiger partial charge in [-0.15, -0.1) is 0 Å². The standard InChI is InChI=1S/C31H57N9O8/c1-28(2,3)45-24(41)32-13-17-39(18-14-33-25(42)46-29(4,5)6)22-36-21-37-23(38-22)40(19-15-34-26(43)47-30(7,8)9)20-16-35-27(44)48-31(10,11)12/h21H,13-20H2,1-12H3,(H,32,41)(H,33,42)(H,34,43)(H,35,44). The number of hydrogen-bond acceptors (Lipinski definition) is 13. The van der Waals surface area contributed by atoms with Gasteiger partial charge in [0.1, 0.15) is 28.7 Å². The van der Waals surface area contributed by atoms with Crippen LogP contribution in [0.4, 0.5) is 31.1 Å². The Morgan fingerprint density at radius 2 is 0.729 bits per heavy atom. The summed E-state index contributed by atoms with van der Waals surface area (Å²) in [5.41, 5.74) is -2.65. The van der Waals surface area contributed by atoms with E-state index < -0.39 is 46.8 Å². The van der Waals surface area contributed by atoms with Crippen molar-refractivity contribution in [1.29, 1.82) is 0 Å². The highest BCUT2D eigenvalue weighted by molar-refractivity contribution is 5.69. The van der Waals surface area contributed by atoms with E-state index in [1.54, 1.807) is 92.9 Å². The molecule has 0 aliphatic rings. The number of amides is 4. The van der Waals surface area contributed by atoms with Crippen LogP contribution in [0.15, 0.2) is 6.33 Å². The lowest BCUT2D eigenvalue weighted by molar-refractivity contribution is 0.0515. The SMILES string of the molecule is CC(C)(C)OC(=O)NCCN(CCNC(=O)OC(C)(C)C)c1ncnc(N(CCNC(=O)OC(C)(C)C)CCNC(=O)OC(C)(C)C)n1. The number of carbonyl (C=O) groups is 4. The summed E-state index contributed by atoms with van der Waals surface area (Å²) in [5, 5.41) is 10.9. The van der Waals surface area contributed by atoms with Crippen LogP contribution in [0.25, 0.3) is 0 Å². The highest BCUT2D eigenvalue weighted by Crippen LogP contribution is 2.13. The molecule has 0 unspecified atom stereocenters. The van der Waals surface area contributed by atoms with Crippen LogP contribution in [-0.4, -0.2) is 114 Å². The van der Waals surface area contributed by atoms with Gasteiger partial charge >= 0.3 is 24.4 Å². The Morgan fingerprint density at radius 1 is 0.500 bits per heavy atom. The smallest absolute Gasteiger partial charge is 0.407 e. The predicted molar refractivity (Wildman–Crippen MR) is 181 cm³/mol. The van der Waals surface area contributed by atoms with Gasteiger partial charge in [0.25, 0.3) is 0 Å². The van der Waals surface area contributed by atoms with Gasteiger partial charge in [0.05, 0.1) is 0 Å². The molecule has 0 spiro atoms. The van der Waals surface area contributed by atoms with E-state index in [-0.39, 0.29) is 64.3 Å². The van der Waals surface area contributed by atoms with Crippen molar-refractivity contribution in [3.05, 3.63) is 6.33 Å². The molecular weight excluding hydrogens is 626 g/mol. The molecule has 1 aromatic rings. The van der Waals surface area contributed by atoms with Crippen molar-refractivity contribution in [1.82, 2.24) is 36.2 Å². The number of nitrogens with zero attached hydrogens (tertiary/aromatic N) is 5. The third kappa shape index (κ3) is 20.7. The van der Waals surface area contributed by atoms with Gasteiger partial charge < -0.3 is 50.0 Å². The molecule has 0 aliphatic heterocycles. The Morgan fingerprint density at radius 3 is 0.938 bits per heavy atom. The first-order valence-electron chi connectivity index (χ1n) is 16.0. The monoisotopic (exact) mass is 683 g/mol. The minimum Gasteiger partial charge on any atom is -0.444 e. The molecule has 0 aliphatic carbocycles. The summed E-state index contributed by atoms with van der Waals surface area (Å²) < 4.78 is 21.3. The average Bonchev–Trinajstić information content (AvgIpc) is 2.87. The van der Waals surface area contributed by atoms with Crippen molar-refractivity contribution < 1.29 is 38.1 Å². The van der Waals surface area contributed by atoms with Crippen LogP contribution in [0.1, 0.15) is 83.1 Å². The molecule has 1 heterocycles. The molecule has 0 aromatic carbocycles. The van der Waals surface area contributed by atoms with Crippen LogP contribution >= 0.6 is 0 Å². The van der Waals surface area contributed by atoms with E-state index >= 15 is 0 Å². The lowest BCUT2D eigenvalue weighted by atomic mass is 10.2. The quantitative estimate of drug-likeness (QED) is 0.208. The fraction of sp³-hybridized carbons (Fsp3) is 0.774. The molecule has 48 heavy (non-hydrogen) atoms. The van der Waals surface area contributed by atoms with Crippen molar-refractivity contribution in [2.45, 2.75) is 105 Å². The number of aromatic nitrogens is 3. The Hall–Kier alpha value is -4.31. The molecule has 274 valence electrons. The summed E-state index contributed by atoms with van der Waals surface area (Å²) in [7, 11) is 0. The summed E-state index contributed by atoms with van der Waals surface area (Å²) in [4.78, 5) is 65.9. The Kier molecular flexibility index (Phi) is 15.9. The molecule has 0 radical (unpaired) electrons. The van der Waals surface area contributed by atoms with Crippen LogP contribution < -0.4 is 31.1 Å². The summed E-state index contributed by atoms with van der Waals surface area (Å²) in [6.45, 7) is 23.0. The van der Waals surface area contributed by atoms with Gasteiger partial charge in [-0.25, -0.2) is 29.1 Å². The van der Waals surface area contributed by atoms with Gasteiger partial charge in [-0.3, -0.25) is 0 Å². The summed E-state index contributed by atoms with van der Waals surface area (Å²) in [6, 6.07) is 0. The van der Waals surface area contributed by atoms with Crippen molar-refractivity contribution in [2.24, 2.45) is 0 Å². The molecule has 4 amide bonds. The number of ether oxygens (including phenoxy) is 4. The Bertz CT molecular complexity index is 1030. The highest BCUT2D eigenvalue weighted by Gasteiger charge is 2.21. The number of nitrogens with one attached hydrogen (secondary N) is 4. The maximum absolute atomic E-state index is 12.3. The van der Waals surface area contributed by atoms with Gasteiger partial charge in [0.2, 0.25) is 11.9 Å². The fourth-order valence-electron chi connectivity index (χ4n) is 3.64. The first-order valence-corrected chi connectivity index (χ1v) is 16.0. The maximum Gasteiger partial charge on any atom is 0.407 e. The second-order valence-corrected chi connectivity index (χ2v) is 14.8. The van der Waals surface area contributed by atoms with E-state index in [4.69, 9.17) is 18.9 Å². The molecule has 0 atom stereocenters. The van der Waals surface area contributed by atoms with Gasteiger partial charge in [0, 0.05) is 52.4 Å². The molecule has 4 N–H and O–H groups in total. The second-order valence-electron chi connectivity index (χ2n) is 14.8. The molecule has 17 nitrogen and oxygen atoms in total. The molecular formula is C31H57N9O8. The number of anilines is 2. The lowest BCUT2D eigenvalue weighted by Gasteiger charge is -2.27. The largest absolute Gasteiger partial charge is 0.444 e. The summed E-state index contributed by atoms with van der Waals surface area (Å²) >= 11 is 0. The van der Waals surface area contributed by atoms with E-state index in [0.717, 1.165) is 0 Å². The number of carbonyl (C=O) groups excluding carboxylic acids is 4. The third-order valence-electron chi connectivity index (χ3n) is 5.31. The topological polar surface area (TPSA) is 198 Å². The van der Waals surface area contributed by atoms with Crippen LogP contribution in [0.2, 0.25) is 0 Å². The summed E-state index contributed by atoms with van der Waals surface area (Å²) in [5.74, 6) is 0.532. The Balaban J connectivity index is 3.16. The molecule has 1 aromatic heterocycles. The van der Waals surface area contributed by atoms with Crippen molar-refractivity contribution >= 4 is 36.3 Å². The van der Waals surface area contributed by atoms with Gasteiger partial charge in [-0.05, 0) is 83.1 Å². The van der Waals surface area contributed by atoms with E-state index in [0.29, 0.717) is 0 Å². The Labute approximate surface area is 284 Å². The first kappa shape index (κ1) is 41.7. The lowest BCUT2D eigenvalue weighted by Crippen LogP contribution is -2.43. The van der Waals surface area contributed by atoms with Gasteiger partial charge in [0.15, 0.2) is 0 Å². The summed E-state index contributed by atoms with van der Waals surface area (Å²) in [6.07, 6.45) is -0.972. The normalized spacial score (nSPS) is 11.9. The van der Waals surface area contributed by atoms with Crippen LogP contribution in [-0.2, 0) is 18.9 Å². The molecule has 17 heteroatoms. The zero-order chi connectivity index (χ0) is 36.8. The molecule has 0 saturated heterocycles. The van der Waals surface area contributed by atoms with E-state index in [1.165, 1.54) is 6.33 Å². The zero-order valence-corrected chi connectivity index (χ0v) is 30.7. The van der Waals surface area contributed by atoms with E-state index in [2.05, 4.69) is 36.2 Å². The van der Waals surface area contributed by atoms with Crippen molar-refractivity contribution in [3.8, 4) is 0 Å². The van der Waals surface area contributed by atoms with Crippen LogP contribution in [0.3, 0.4) is 0 Å². The van der Waals surface area contributed by atoms with Crippen molar-refractivity contribution in [3.63, 3.8) is 0 Å². The predicted octanol–water partition coefficient (Wildman–Crippen LogP) is 3.58. The molecule has 1 rings (SSSR count). The molecule has 0 saturated carbocycles. The minimum atomic E-state index is -0.662. The average molecular weight is 684 g/mol. The first-order chi connectivity index (χ1) is 21.9. The number of hydrogen-bond donors (Lipinski definition) is 4. The van der Waals surface area contributed by atoms with E-state index in [1.807, 2.05) is 0 Å². The van der Waals surface area contributed by atoms with Gasteiger partial charge in [-0.1, -0.05) is 0 Å². The zero-order valence-electron chi connectivity index (χ0n) is 30.7. The van der Waals surface area contributed by atoms with Crippen LogP contribution in [0.5, 0.6) is 0 Å². The minimum absolute atomic E-state index is 0.186. The third-order valence-corrected chi connectivity index (χ3v) is 5.31. The van der Waals surface area contributed by atoms with Crippen molar-refractivity contribution in [2.75, 3.05) is 62.2 Å². The second kappa shape index (κ2) is 18.3. The maximum atomic E-state index is 12.3. The fourth-order valence-corrected chi connectivity index (χ4v) is 3.64. The van der Waals surface area contributed by atoms with E-state index in [9.17, 15) is 19.2 Å².